The molecule has 8 fully saturated rings. The highest BCUT2D eigenvalue weighted by Gasteiger charge is 2.53. The third kappa shape index (κ3) is 12.0. The highest BCUT2D eigenvalue weighted by atomic mass is 16.5. The molecule has 0 saturated heterocycles. The highest BCUT2D eigenvalue weighted by molar-refractivity contribution is 5.96. The average Bonchev–Trinajstić information content (AvgIpc) is 1.66. The van der Waals surface area contributed by atoms with Crippen LogP contribution < -0.4 is 29.6 Å². The molecule has 8 saturated carbocycles. The van der Waals surface area contributed by atoms with Crippen LogP contribution in [0.5, 0.6) is 23.0 Å². The summed E-state index contributed by atoms with van der Waals surface area (Å²) in [6.45, 7) is 6.42. The Labute approximate surface area is 502 Å². The van der Waals surface area contributed by atoms with Gasteiger partial charge < -0.3 is 34.3 Å². The molecule has 0 spiro atoms. The molecule has 6 aromatic carbocycles. The van der Waals surface area contributed by atoms with E-state index in [9.17, 15) is 0 Å². The van der Waals surface area contributed by atoms with Crippen molar-refractivity contribution >= 4 is 11.8 Å². The Hall–Kier alpha value is -7.46. The first-order chi connectivity index (χ1) is 41.6. The number of hydrogen-bond donors (Lipinski definition) is 2. The van der Waals surface area contributed by atoms with Crippen molar-refractivity contribution in [2.24, 2.45) is 35.5 Å². The second kappa shape index (κ2) is 23.8. The third-order valence-corrected chi connectivity index (χ3v) is 20.0. The van der Waals surface area contributed by atoms with Gasteiger partial charge in [0.1, 0.15) is 36.2 Å². The number of carbonyl (C=O) groups excluding carboxylic acids is 2. The summed E-state index contributed by atoms with van der Waals surface area (Å²) in [4.78, 5) is 30.9. The van der Waals surface area contributed by atoms with E-state index in [1.165, 1.54) is 38.5 Å². The van der Waals surface area contributed by atoms with Gasteiger partial charge in [0, 0.05) is 92.4 Å². The van der Waals surface area contributed by atoms with Gasteiger partial charge in [-0.05, 0) is 220 Å². The van der Waals surface area contributed by atoms with Crippen LogP contribution in [0.1, 0.15) is 191 Å². The van der Waals surface area contributed by atoms with Gasteiger partial charge in [0.25, 0.3) is 11.8 Å². The van der Waals surface area contributed by atoms with Crippen molar-refractivity contribution in [2.45, 2.75) is 141 Å². The predicted octanol–water partition coefficient (Wildman–Crippen LogP) is 13.9. The number of rotatable bonds is 10. The maximum atomic E-state index is 15.4. The minimum Gasteiger partial charge on any atom is -0.493 e. The second-order valence-corrected chi connectivity index (χ2v) is 26.7. The molecule has 2 aliphatic heterocycles. The summed E-state index contributed by atoms with van der Waals surface area (Å²) in [5, 5.41) is 7.51. The molecule has 2 N–H and O–H groups in total. The van der Waals surface area contributed by atoms with Crippen molar-refractivity contribution in [3.05, 3.63) is 187 Å². The summed E-state index contributed by atoms with van der Waals surface area (Å²) in [7, 11) is 0. The minimum atomic E-state index is -0.200. The van der Waals surface area contributed by atoms with Crippen LogP contribution in [0, 0.1) is 59.2 Å². The van der Waals surface area contributed by atoms with Gasteiger partial charge in [-0.3, -0.25) is 9.59 Å². The van der Waals surface area contributed by atoms with Gasteiger partial charge >= 0.3 is 0 Å². The summed E-state index contributed by atoms with van der Waals surface area (Å²) < 4.78 is 34.6. The molecule has 85 heavy (non-hydrogen) atoms. The monoisotopic (exact) mass is 1130 g/mol. The van der Waals surface area contributed by atoms with E-state index in [0.29, 0.717) is 110 Å². The van der Waals surface area contributed by atoms with Crippen LogP contribution in [-0.2, 0) is 30.4 Å². The van der Waals surface area contributed by atoms with E-state index in [2.05, 4.69) is 96.7 Å². The maximum Gasteiger partial charge on any atom is 0.251 e. The SMILES string of the molecule is CCCOc1c2cc(C#Cc3ccccc3)cc1Cc1cc(C(=O)NC34CC5CC(CC(C5)C3)C4)cc3c1OCCOCCOc1c(cc(C(=O)NC45CC6CC(CC(C6)C4)C5)cc1Cc1cc(C#Cc4ccccc4)cc(c1OCCC)C3)C2. The van der Waals surface area contributed by atoms with E-state index < -0.39 is 0 Å². The van der Waals surface area contributed by atoms with Crippen molar-refractivity contribution < 1.29 is 33.3 Å². The molecule has 6 aromatic rings. The molecule has 2 amide bonds. The Morgan fingerprint density at radius 1 is 0.435 bits per heavy atom. The zero-order chi connectivity index (χ0) is 57.5. The van der Waals surface area contributed by atoms with Crippen LogP contribution in [0.2, 0.25) is 0 Å². The maximum absolute atomic E-state index is 15.4. The molecule has 2 heterocycles. The number of fused-ring (bicyclic) bond motifs is 6. The van der Waals surface area contributed by atoms with Crippen LogP contribution >= 0.6 is 0 Å². The number of amides is 2. The molecule has 11 aliphatic rings. The van der Waals surface area contributed by atoms with Gasteiger partial charge in [-0.2, -0.15) is 0 Å². The normalized spacial score (nSPS) is 25.6. The van der Waals surface area contributed by atoms with Crippen LogP contribution in [-0.4, -0.2) is 62.5 Å². The molecule has 436 valence electrons. The Morgan fingerprint density at radius 3 is 1.07 bits per heavy atom. The van der Waals surface area contributed by atoms with E-state index >= 15 is 9.59 Å². The van der Waals surface area contributed by atoms with Gasteiger partial charge in [0.05, 0.1) is 26.4 Å². The highest BCUT2D eigenvalue weighted by Crippen LogP contribution is 2.57. The van der Waals surface area contributed by atoms with Crippen LogP contribution in [0.15, 0.2) is 109 Å². The molecule has 9 nitrogen and oxygen atoms in total. The first kappa shape index (κ1) is 55.4. The van der Waals surface area contributed by atoms with Gasteiger partial charge in [0.2, 0.25) is 0 Å². The lowest BCUT2D eigenvalue weighted by molar-refractivity contribution is -0.0171. The fourth-order valence-corrected chi connectivity index (χ4v) is 17.4. The Balaban J connectivity index is 0.996. The molecular formula is C76H80N2O7. The minimum absolute atomic E-state index is 0.0406. The zero-order valence-electron chi connectivity index (χ0n) is 49.7. The lowest BCUT2D eigenvalue weighted by atomic mass is 9.53. The molecule has 0 aromatic heterocycles. The van der Waals surface area contributed by atoms with Crippen molar-refractivity contribution in [3.8, 4) is 46.7 Å². The van der Waals surface area contributed by atoms with Gasteiger partial charge in [-0.1, -0.05) is 73.9 Å². The van der Waals surface area contributed by atoms with Crippen molar-refractivity contribution in [1.82, 2.24) is 10.6 Å². The van der Waals surface area contributed by atoms with E-state index in [4.69, 9.17) is 23.7 Å². The summed E-state index contributed by atoms with van der Waals surface area (Å²) in [5.41, 5.74) is 11.5. The lowest BCUT2D eigenvalue weighted by Crippen LogP contribution is -2.59. The van der Waals surface area contributed by atoms with Gasteiger partial charge in [-0.15, -0.1) is 0 Å². The molecule has 0 unspecified atom stereocenters. The topological polar surface area (TPSA) is 104 Å². The smallest absolute Gasteiger partial charge is 0.251 e. The molecular weight excluding hydrogens is 1050 g/mol. The Bertz CT molecular complexity index is 3250. The Kier molecular flexibility index (Phi) is 15.5. The quantitative estimate of drug-likeness (QED) is 0.104. The predicted molar refractivity (Wildman–Crippen MR) is 332 cm³/mol. The van der Waals surface area contributed by atoms with Crippen LogP contribution in [0.3, 0.4) is 0 Å². The summed E-state index contributed by atoms with van der Waals surface area (Å²) in [5.74, 6) is 21.0. The number of benzene rings is 6. The fraction of sp³-hybridized carbons (Fsp3) is 0.447. The van der Waals surface area contributed by atoms with Crippen LogP contribution in [0.25, 0.3) is 0 Å². The molecule has 18 bridgehead atoms. The van der Waals surface area contributed by atoms with Gasteiger partial charge in [-0.25, -0.2) is 0 Å². The first-order valence-electron chi connectivity index (χ1n) is 32.1. The molecule has 0 atom stereocenters. The molecule has 9 aliphatic carbocycles. The summed E-state index contributed by atoms with van der Waals surface area (Å²) >= 11 is 0. The molecule has 0 radical (unpaired) electrons. The summed E-state index contributed by atoms with van der Waals surface area (Å²) in [6.07, 6.45) is 17.1. The number of carbonyl (C=O) groups is 2. The van der Waals surface area contributed by atoms with E-state index in [1.54, 1.807) is 0 Å². The fourth-order valence-electron chi connectivity index (χ4n) is 17.4. The Morgan fingerprint density at radius 2 is 0.753 bits per heavy atom. The van der Waals surface area contributed by atoms with Crippen molar-refractivity contribution in [3.63, 3.8) is 0 Å². The molecule has 9 heteroatoms. The number of hydrogen-bond acceptors (Lipinski definition) is 7. The van der Waals surface area contributed by atoms with Crippen LogP contribution in [0.4, 0.5) is 0 Å². The third-order valence-electron chi connectivity index (χ3n) is 20.0. The average molecular weight is 1130 g/mol. The lowest BCUT2D eigenvalue weighted by Gasteiger charge is -2.56. The largest absolute Gasteiger partial charge is 0.493 e. The van der Waals surface area contributed by atoms with E-state index in [1.807, 2.05) is 60.7 Å². The first-order valence-corrected chi connectivity index (χ1v) is 32.1. The second-order valence-electron chi connectivity index (χ2n) is 26.7. The van der Waals surface area contributed by atoms with Crippen molar-refractivity contribution in [2.75, 3.05) is 39.6 Å². The zero-order valence-corrected chi connectivity index (χ0v) is 49.7. The van der Waals surface area contributed by atoms with E-state index in [-0.39, 0.29) is 36.1 Å². The van der Waals surface area contributed by atoms with Crippen molar-refractivity contribution in [1.29, 1.82) is 0 Å². The van der Waals surface area contributed by atoms with Gasteiger partial charge in [0.15, 0.2) is 0 Å². The number of ether oxygens (including phenoxy) is 5. The molecule has 17 rings (SSSR count). The summed E-state index contributed by atoms with van der Waals surface area (Å²) in [6, 6.07) is 37.2. The van der Waals surface area contributed by atoms with E-state index in [0.717, 1.165) is 130 Å². The number of nitrogens with one attached hydrogen (secondary N) is 2. The standard InChI is InChI=1S/C76H80N2O7/c1-3-19-82-69-59-31-51(17-15-49-11-7-5-8-12-49)32-60(69)36-64-40-68(74(80)78-76-46-56-28-57(47-76)30-58(29-56)48-76)42-66-38-62-34-52(18-16-50-13-9-6-10-14-50)33-61(70(62)83-20-4-2)37-65-41-67(39-63(35-59)71(65)84-23-21-81-22-24-85-72(64)66)73(79)77-75-43-53-25-54(44-75)27-55(26-53)45-75/h5-14,31-34,39-42,53-58H,3-4,19-30,35-38,43-48H2,1-2H3,(H,77,79)(H,78,80).